The van der Waals surface area contributed by atoms with Crippen molar-refractivity contribution in [1.82, 2.24) is 19.6 Å². The highest BCUT2D eigenvalue weighted by Crippen LogP contribution is 2.13. The van der Waals surface area contributed by atoms with Gasteiger partial charge in [0.25, 0.3) is 0 Å². The maximum Gasteiger partial charge on any atom is 0.0719 e. The molecule has 2 N–H and O–H groups in total. The normalized spacial score (nSPS) is 22.2. The molecule has 1 aliphatic heterocycles. The van der Waals surface area contributed by atoms with Crippen molar-refractivity contribution in [3.05, 3.63) is 12.4 Å². The molecule has 96 valence electrons. The van der Waals surface area contributed by atoms with Crippen molar-refractivity contribution in [3.8, 4) is 0 Å². The van der Waals surface area contributed by atoms with E-state index in [9.17, 15) is 0 Å². The molecule has 5 heteroatoms. The average Bonchev–Trinajstić information content (AvgIpc) is 2.73. The standard InChI is InChI=1S/C12H23N5/c1-15(2)12-4-3-5-16(10-12)6-7-17-9-11(13)8-14-17/h8-9,12H,3-7,10,13H2,1-2H3. The first-order valence-corrected chi connectivity index (χ1v) is 6.32. The minimum absolute atomic E-state index is 0.700. The van der Waals surface area contributed by atoms with Gasteiger partial charge >= 0.3 is 0 Å². The number of nitrogen functional groups attached to an aromatic ring is 1. The van der Waals surface area contributed by atoms with Gasteiger partial charge in [-0.1, -0.05) is 0 Å². The Labute approximate surface area is 103 Å². The smallest absolute Gasteiger partial charge is 0.0719 e. The summed E-state index contributed by atoms with van der Waals surface area (Å²) in [5.41, 5.74) is 6.39. The highest BCUT2D eigenvalue weighted by Gasteiger charge is 2.20. The van der Waals surface area contributed by atoms with Gasteiger partial charge in [0.1, 0.15) is 0 Å². The number of likely N-dealkylation sites (tertiary alicyclic amines) is 1. The first kappa shape index (κ1) is 12.4. The molecule has 5 nitrogen and oxygen atoms in total. The van der Waals surface area contributed by atoms with Crippen LogP contribution in [-0.4, -0.2) is 59.4 Å². The van der Waals surface area contributed by atoms with Crippen LogP contribution in [0.4, 0.5) is 5.69 Å². The van der Waals surface area contributed by atoms with Gasteiger partial charge in [-0.15, -0.1) is 0 Å². The van der Waals surface area contributed by atoms with Crippen LogP contribution in [0.3, 0.4) is 0 Å². The number of hydrogen-bond acceptors (Lipinski definition) is 4. The van der Waals surface area contributed by atoms with Crippen LogP contribution in [0.1, 0.15) is 12.8 Å². The number of anilines is 1. The Balaban J connectivity index is 1.79. The lowest BCUT2D eigenvalue weighted by atomic mass is 10.1. The van der Waals surface area contributed by atoms with E-state index in [2.05, 4.69) is 29.0 Å². The molecule has 0 radical (unpaired) electrons. The molecule has 1 fully saturated rings. The third-order valence-corrected chi connectivity index (χ3v) is 3.51. The second-order valence-corrected chi connectivity index (χ2v) is 5.10. The first-order chi connectivity index (χ1) is 8.15. The molecule has 1 atom stereocenters. The summed E-state index contributed by atoms with van der Waals surface area (Å²) in [6, 6.07) is 0.700. The summed E-state index contributed by atoms with van der Waals surface area (Å²) in [5.74, 6) is 0. The van der Waals surface area contributed by atoms with E-state index in [0.29, 0.717) is 6.04 Å². The molecule has 17 heavy (non-hydrogen) atoms. The molecule has 0 aliphatic carbocycles. The fraction of sp³-hybridized carbons (Fsp3) is 0.750. The van der Waals surface area contributed by atoms with Crippen molar-refractivity contribution in [3.63, 3.8) is 0 Å². The second kappa shape index (κ2) is 5.51. The minimum atomic E-state index is 0.700. The van der Waals surface area contributed by atoms with E-state index in [-0.39, 0.29) is 0 Å². The Kier molecular flexibility index (Phi) is 4.02. The summed E-state index contributed by atoms with van der Waals surface area (Å²) < 4.78 is 1.93. The molecule has 1 saturated heterocycles. The molecule has 0 spiro atoms. The van der Waals surface area contributed by atoms with Gasteiger partial charge in [-0.3, -0.25) is 9.58 Å². The molecule has 0 aromatic carbocycles. The predicted octanol–water partition coefficient (Wildman–Crippen LogP) is 0.491. The van der Waals surface area contributed by atoms with Gasteiger partial charge in [0.2, 0.25) is 0 Å². The first-order valence-electron chi connectivity index (χ1n) is 6.32. The maximum absolute atomic E-state index is 5.65. The van der Waals surface area contributed by atoms with Crippen molar-refractivity contribution >= 4 is 5.69 Å². The van der Waals surface area contributed by atoms with Crippen molar-refractivity contribution in [1.29, 1.82) is 0 Å². The summed E-state index contributed by atoms with van der Waals surface area (Å²) in [5, 5.41) is 4.21. The van der Waals surface area contributed by atoms with E-state index in [4.69, 9.17) is 5.73 Å². The number of nitrogens with two attached hydrogens (primary N) is 1. The third kappa shape index (κ3) is 3.44. The van der Waals surface area contributed by atoms with Gasteiger partial charge in [0, 0.05) is 25.3 Å². The molecule has 1 aromatic rings. The van der Waals surface area contributed by atoms with Gasteiger partial charge in [-0.05, 0) is 33.5 Å². The van der Waals surface area contributed by atoms with Gasteiger partial charge < -0.3 is 10.6 Å². The molecule has 2 rings (SSSR count). The van der Waals surface area contributed by atoms with E-state index in [1.54, 1.807) is 6.20 Å². The SMILES string of the molecule is CN(C)C1CCCN(CCn2cc(N)cn2)C1. The lowest BCUT2D eigenvalue weighted by Gasteiger charge is -2.36. The fourth-order valence-corrected chi connectivity index (χ4v) is 2.40. The third-order valence-electron chi connectivity index (χ3n) is 3.51. The Hall–Kier alpha value is -1.07. The lowest BCUT2D eigenvalue weighted by molar-refractivity contribution is 0.129. The quantitative estimate of drug-likeness (QED) is 0.828. The van der Waals surface area contributed by atoms with Crippen molar-refractivity contribution < 1.29 is 0 Å². The van der Waals surface area contributed by atoms with Crippen LogP contribution in [0.2, 0.25) is 0 Å². The second-order valence-electron chi connectivity index (χ2n) is 5.10. The van der Waals surface area contributed by atoms with Crippen LogP contribution in [0, 0.1) is 0 Å². The van der Waals surface area contributed by atoms with Gasteiger partial charge in [0.15, 0.2) is 0 Å². The zero-order valence-electron chi connectivity index (χ0n) is 10.8. The largest absolute Gasteiger partial charge is 0.396 e. The molecule has 1 aliphatic rings. The molecule has 0 saturated carbocycles. The summed E-state index contributed by atoms with van der Waals surface area (Å²) in [6.07, 6.45) is 6.22. The highest BCUT2D eigenvalue weighted by molar-refractivity contribution is 5.30. The summed E-state index contributed by atoms with van der Waals surface area (Å²) in [6.45, 7) is 4.37. The van der Waals surface area contributed by atoms with Crippen molar-refractivity contribution in [2.45, 2.75) is 25.4 Å². The Bertz CT molecular complexity index is 346. The van der Waals surface area contributed by atoms with Crippen LogP contribution < -0.4 is 5.73 Å². The van der Waals surface area contributed by atoms with Crippen molar-refractivity contribution in [2.24, 2.45) is 0 Å². The van der Waals surface area contributed by atoms with Gasteiger partial charge in [0.05, 0.1) is 18.4 Å². The number of aromatic nitrogens is 2. The van der Waals surface area contributed by atoms with Crippen LogP contribution in [0.15, 0.2) is 12.4 Å². The predicted molar refractivity (Wildman–Crippen MR) is 69.8 cm³/mol. The van der Waals surface area contributed by atoms with Crippen molar-refractivity contribution in [2.75, 3.05) is 39.5 Å². The fourth-order valence-electron chi connectivity index (χ4n) is 2.40. The average molecular weight is 237 g/mol. The van der Waals surface area contributed by atoms with Crippen LogP contribution in [0.5, 0.6) is 0 Å². The molecule has 1 unspecified atom stereocenters. The van der Waals surface area contributed by atoms with E-state index in [1.807, 2.05) is 10.9 Å². The Morgan fingerprint density at radius 2 is 2.29 bits per heavy atom. The zero-order valence-corrected chi connectivity index (χ0v) is 10.8. The molecule has 2 heterocycles. The molecule has 1 aromatic heterocycles. The van der Waals surface area contributed by atoms with Gasteiger partial charge in [-0.25, -0.2) is 0 Å². The van der Waals surface area contributed by atoms with Crippen LogP contribution in [-0.2, 0) is 6.54 Å². The zero-order chi connectivity index (χ0) is 12.3. The number of rotatable bonds is 4. The Morgan fingerprint density at radius 3 is 2.94 bits per heavy atom. The number of likely N-dealkylation sites (N-methyl/N-ethyl adjacent to an activating group) is 1. The number of piperidine rings is 1. The highest BCUT2D eigenvalue weighted by atomic mass is 15.3. The number of hydrogen-bond donors (Lipinski definition) is 1. The lowest BCUT2D eigenvalue weighted by Crippen LogP contribution is -2.45. The van der Waals surface area contributed by atoms with Crippen LogP contribution in [0.25, 0.3) is 0 Å². The topological polar surface area (TPSA) is 50.3 Å². The summed E-state index contributed by atoms with van der Waals surface area (Å²) in [7, 11) is 4.34. The summed E-state index contributed by atoms with van der Waals surface area (Å²) >= 11 is 0. The Morgan fingerprint density at radius 1 is 1.47 bits per heavy atom. The van der Waals surface area contributed by atoms with Crippen LogP contribution >= 0.6 is 0 Å². The van der Waals surface area contributed by atoms with E-state index in [1.165, 1.54) is 25.9 Å². The molecular weight excluding hydrogens is 214 g/mol. The van der Waals surface area contributed by atoms with E-state index < -0.39 is 0 Å². The monoisotopic (exact) mass is 237 g/mol. The van der Waals surface area contributed by atoms with Gasteiger partial charge in [-0.2, -0.15) is 5.10 Å². The summed E-state index contributed by atoms with van der Waals surface area (Å²) in [4.78, 5) is 4.85. The maximum atomic E-state index is 5.65. The van der Waals surface area contributed by atoms with E-state index in [0.717, 1.165) is 18.8 Å². The minimum Gasteiger partial charge on any atom is -0.396 e. The number of nitrogens with zero attached hydrogens (tertiary/aromatic N) is 4. The molecule has 0 amide bonds. The van der Waals surface area contributed by atoms with E-state index >= 15 is 0 Å². The molecule has 0 bridgehead atoms. The molecular formula is C12H23N5.